The Morgan fingerprint density at radius 2 is 1.64 bits per heavy atom. The Balaban J connectivity index is 1.48. The molecule has 3 aliphatic carbocycles. The highest BCUT2D eigenvalue weighted by atomic mass is 16.6. The molecule has 4 aliphatic rings. The SMILES string of the molecule is CC(=O)O[C@H]1[C@@H]2[C@]3(O)CO[C@@H]3C[C@H](O)[C@@]2(C)C(=O)[C@H](O)C2=C(C)C(OC(=O)[C@H](O)[C@H](C)NC(=O)c3ccc(C(C)(C)C)cc3)C[C@]1(O)C2(C)C. The molecule has 3 fully saturated rings. The first kappa shape index (κ1) is 38.0. The summed E-state index contributed by atoms with van der Waals surface area (Å²) in [6.07, 6.45) is -9.74. The number of nitrogens with one attached hydrogen (secondary N) is 1. The number of carbonyl (C=O) groups excluding carboxylic acids is 4. The maximum Gasteiger partial charge on any atom is 0.337 e. The van der Waals surface area contributed by atoms with Gasteiger partial charge in [-0.3, -0.25) is 14.4 Å². The third-order valence-corrected chi connectivity index (χ3v) is 12.0. The van der Waals surface area contributed by atoms with Crippen LogP contribution in [0.15, 0.2) is 35.4 Å². The van der Waals surface area contributed by atoms with E-state index in [0.29, 0.717) is 5.56 Å². The molecule has 1 heterocycles. The number of hydrogen-bond acceptors (Lipinski definition) is 12. The number of rotatable bonds is 6. The third-order valence-electron chi connectivity index (χ3n) is 12.0. The average Bonchev–Trinajstić information content (AvgIpc) is 3.02. The third kappa shape index (κ3) is 5.70. The molecular formula is C37H51NO12. The zero-order valence-corrected chi connectivity index (χ0v) is 30.1. The number of Topliss-reactive ketones (excluding diaryl/α,β-unsaturated/α-hetero) is 1. The number of hydrogen-bond donors (Lipinski definition) is 6. The molecule has 0 spiro atoms. The Hall–Kier alpha value is -3.20. The maximum absolute atomic E-state index is 14.4. The van der Waals surface area contributed by atoms with E-state index in [1.54, 1.807) is 26.0 Å². The van der Waals surface area contributed by atoms with Crippen molar-refractivity contribution in [3.05, 3.63) is 46.5 Å². The van der Waals surface area contributed by atoms with E-state index < -0.39 is 101 Å². The Kier molecular flexibility index (Phi) is 9.50. The van der Waals surface area contributed by atoms with Crippen LogP contribution >= 0.6 is 0 Å². The summed E-state index contributed by atoms with van der Waals surface area (Å²) >= 11 is 0. The summed E-state index contributed by atoms with van der Waals surface area (Å²) in [6.45, 7) is 14.4. The van der Waals surface area contributed by atoms with Crippen LogP contribution in [0.2, 0.25) is 0 Å². The largest absolute Gasteiger partial charge is 0.459 e. The number of aliphatic hydroxyl groups excluding tert-OH is 3. The summed E-state index contributed by atoms with van der Waals surface area (Å²) in [4.78, 5) is 53.5. The van der Waals surface area contributed by atoms with E-state index in [0.717, 1.165) is 12.5 Å². The average molecular weight is 702 g/mol. The van der Waals surface area contributed by atoms with Crippen LogP contribution in [-0.2, 0) is 34.0 Å². The number of ether oxygens (including phenoxy) is 3. The highest BCUT2D eigenvalue weighted by Crippen LogP contribution is 2.63. The van der Waals surface area contributed by atoms with Crippen molar-refractivity contribution in [2.45, 2.75) is 134 Å². The van der Waals surface area contributed by atoms with Gasteiger partial charge in [-0.2, -0.15) is 0 Å². The normalized spacial score (nSPS) is 37.5. The molecule has 1 aromatic carbocycles. The van der Waals surface area contributed by atoms with Crippen LogP contribution in [0.3, 0.4) is 0 Å². The van der Waals surface area contributed by atoms with Gasteiger partial charge in [0.15, 0.2) is 11.9 Å². The van der Waals surface area contributed by atoms with Crippen molar-refractivity contribution in [1.29, 1.82) is 0 Å². The van der Waals surface area contributed by atoms with E-state index in [1.165, 1.54) is 20.8 Å². The number of esters is 2. The van der Waals surface area contributed by atoms with Crippen molar-refractivity contribution >= 4 is 23.6 Å². The highest BCUT2D eigenvalue weighted by molar-refractivity contribution is 5.95. The van der Waals surface area contributed by atoms with Crippen LogP contribution in [0.1, 0.15) is 91.1 Å². The Morgan fingerprint density at radius 3 is 2.16 bits per heavy atom. The number of ketones is 1. The summed E-state index contributed by atoms with van der Waals surface area (Å²) in [5, 5.41) is 61.5. The predicted molar refractivity (Wildman–Crippen MR) is 177 cm³/mol. The van der Waals surface area contributed by atoms with Crippen LogP contribution in [0.25, 0.3) is 0 Å². The first-order chi connectivity index (χ1) is 22.9. The van der Waals surface area contributed by atoms with Gasteiger partial charge in [-0.1, -0.05) is 46.8 Å². The lowest BCUT2D eigenvalue weighted by Gasteiger charge is -2.66. The zero-order chi connectivity index (χ0) is 37.5. The minimum Gasteiger partial charge on any atom is -0.459 e. The lowest BCUT2D eigenvalue weighted by Crippen LogP contribution is -2.81. The fourth-order valence-electron chi connectivity index (χ4n) is 8.70. The molecule has 1 unspecified atom stereocenters. The molecule has 13 nitrogen and oxygen atoms in total. The lowest BCUT2D eigenvalue weighted by atomic mass is 9.45. The quantitative estimate of drug-likeness (QED) is 0.183. The Morgan fingerprint density at radius 1 is 1.04 bits per heavy atom. The highest BCUT2D eigenvalue weighted by Gasteiger charge is 2.76. The van der Waals surface area contributed by atoms with Gasteiger partial charge in [0.1, 0.15) is 29.5 Å². The van der Waals surface area contributed by atoms with Gasteiger partial charge in [0.25, 0.3) is 5.91 Å². The van der Waals surface area contributed by atoms with Crippen molar-refractivity contribution in [1.82, 2.24) is 5.32 Å². The van der Waals surface area contributed by atoms with Gasteiger partial charge >= 0.3 is 11.9 Å². The number of amides is 1. The van der Waals surface area contributed by atoms with Crippen LogP contribution < -0.4 is 5.32 Å². The summed E-state index contributed by atoms with van der Waals surface area (Å²) in [7, 11) is 0. The molecule has 0 radical (unpaired) electrons. The van der Waals surface area contributed by atoms with E-state index in [-0.39, 0.29) is 29.6 Å². The molecule has 1 aliphatic heterocycles. The Bertz CT molecular complexity index is 1600. The molecule has 1 amide bonds. The van der Waals surface area contributed by atoms with E-state index in [9.17, 15) is 44.7 Å². The monoisotopic (exact) mass is 701 g/mol. The molecular weight excluding hydrogens is 650 g/mol. The van der Waals surface area contributed by atoms with Gasteiger partial charge < -0.3 is 45.1 Å². The first-order valence-electron chi connectivity index (χ1n) is 17.1. The number of benzene rings is 1. The second-order valence-electron chi connectivity index (χ2n) is 16.4. The van der Waals surface area contributed by atoms with Gasteiger partial charge in [-0.15, -0.1) is 0 Å². The topological polar surface area (TPSA) is 209 Å². The minimum absolute atomic E-state index is 0.00778. The van der Waals surface area contributed by atoms with Crippen molar-refractivity contribution in [3.8, 4) is 0 Å². The molecule has 1 saturated heterocycles. The molecule has 5 rings (SSSR count). The number of aliphatic hydroxyl groups is 5. The Labute approximate surface area is 292 Å². The molecule has 11 atom stereocenters. The summed E-state index contributed by atoms with van der Waals surface area (Å²) in [5.74, 6) is -4.84. The maximum atomic E-state index is 14.4. The van der Waals surface area contributed by atoms with Crippen molar-refractivity contribution < 1.29 is 58.9 Å². The summed E-state index contributed by atoms with van der Waals surface area (Å²) < 4.78 is 17.1. The van der Waals surface area contributed by atoms with Crippen LogP contribution in [-0.4, -0.2) is 110 Å². The molecule has 13 heteroatoms. The van der Waals surface area contributed by atoms with E-state index in [2.05, 4.69) is 5.32 Å². The molecule has 1 aromatic rings. The number of fused-ring (bicyclic) bond motifs is 5. The molecule has 2 bridgehead atoms. The molecule has 2 saturated carbocycles. The summed E-state index contributed by atoms with van der Waals surface area (Å²) in [6, 6.07) is 5.83. The van der Waals surface area contributed by atoms with Crippen LogP contribution in [0.4, 0.5) is 0 Å². The van der Waals surface area contributed by atoms with E-state index in [1.807, 2.05) is 32.9 Å². The number of carbonyl (C=O) groups is 4. The first-order valence-corrected chi connectivity index (χ1v) is 17.1. The smallest absolute Gasteiger partial charge is 0.337 e. The van der Waals surface area contributed by atoms with Crippen molar-refractivity contribution in [2.75, 3.05) is 6.61 Å². The molecule has 50 heavy (non-hydrogen) atoms. The van der Waals surface area contributed by atoms with Gasteiger partial charge in [0.05, 0.1) is 30.3 Å². The lowest BCUT2D eigenvalue weighted by molar-refractivity contribution is -0.345. The fourth-order valence-corrected chi connectivity index (χ4v) is 8.70. The predicted octanol–water partition coefficient (Wildman–Crippen LogP) is 1.24. The van der Waals surface area contributed by atoms with Gasteiger partial charge in [-0.25, -0.2) is 4.79 Å². The second kappa shape index (κ2) is 12.5. The van der Waals surface area contributed by atoms with Crippen LogP contribution in [0, 0.1) is 16.7 Å². The van der Waals surface area contributed by atoms with E-state index in [4.69, 9.17) is 14.2 Å². The minimum atomic E-state index is -2.21. The standard InChI is InChI=1S/C37H51NO12/c1-17-22(50-32(45)26(41)18(2)38-31(44)20-10-12-21(13-11-20)33(4,5)6)15-37(47)30(49-19(3)39)28-35(9,23(40)14-24-36(28,46)16-48-24)29(43)27(42)25(17)34(37,7)8/h10-13,18,22-24,26-28,30,40-42,46-47H,14-16H2,1-9H3,(H,38,44)/t18-,22?,23-,24+,26+,27+,28-,30-,35+,36-,37+/m0/s1. The zero-order valence-electron chi connectivity index (χ0n) is 30.1. The van der Waals surface area contributed by atoms with E-state index >= 15 is 0 Å². The summed E-state index contributed by atoms with van der Waals surface area (Å²) in [5.41, 5.74) is -6.02. The molecule has 276 valence electrons. The van der Waals surface area contributed by atoms with Gasteiger partial charge in [-0.05, 0) is 55.0 Å². The van der Waals surface area contributed by atoms with Crippen molar-refractivity contribution in [3.63, 3.8) is 0 Å². The van der Waals surface area contributed by atoms with Gasteiger partial charge in [0, 0.05) is 36.7 Å². The van der Waals surface area contributed by atoms with Crippen molar-refractivity contribution in [2.24, 2.45) is 16.7 Å². The second-order valence-corrected chi connectivity index (χ2v) is 16.4. The van der Waals surface area contributed by atoms with Gasteiger partial charge in [0.2, 0.25) is 0 Å². The fraction of sp³-hybridized carbons (Fsp3) is 0.676. The molecule has 0 aromatic heterocycles. The van der Waals surface area contributed by atoms with Crippen LogP contribution in [0.5, 0.6) is 0 Å². The molecule has 6 N–H and O–H groups in total.